The van der Waals surface area contributed by atoms with E-state index in [9.17, 15) is 43.2 Å². The predicted octanol–water partition coefficient (Wildman–Crippen LogP) is 27.4. The van der Waals surface area contributed by atoms with Gasteiger partial charge in [-0.25, -0.2) is 9.13 Å². The summed E-state index contributed by atoms with van der Waals surface area (Å²) in [5.74, 6) is -0.490. The first kappa shape index (κ1) is 106. The Morgan fingerprint density at radius 3 is 0.630 bits per heavy atom. The van der Waals surface area contributed by atoms with Crippen molar-refractivity contribution in [3.63, 3.8) is 0 Å². The lowest BCUT2D eigenvalue weighted by molar-refractivity contribution is -0.161. The number of aliphatic hydroxyl groups excluding tert-OH is 1. The number of hydrogen-bond donors (Lipinski definition) is 3. The minimum Gasteiger partial charge on any atom is -0.462 e. The van der Waals surface area contributed by atoms with Gasteiger partial charge in [0.05, 0.1) is 26.4 Å². The summed E-state index contributed by atoms with van der Waals surface area (Å²) in [6, 6.07) is 0. The van der Waals surface area contributed by atoms with Crippen LogP contribution in [0.5, 0.6) is 0 Å². The van der Waals surface area contributed by atoms with E-state index in [0.29, 0.717) is 25.7 Å². The first-order chi connectivity index (χ1) is 52.4. The van der Waals surface area contributed by atoms with E-state index < -0.39 is 97.5 Å². The van der Waals surface area contributed by atoms with Crippen LogP contribution in [0, 0.1) is 11.8 Å². The van der Waals surface area contributed by atoms with Crippen molar-refractivity contribution < 1.29 is 80.2 Å². The maximum absolute atomic E-state index is 13.2. The number of aliphatic hydroxyl groups is 1. The molecule has 0 aliphatic rings. The van der Waals surface area contributed by atoms with Gasteiger partial charge in [0, 0.05) is 25.7 Å². The number of phosphoric acid groups is 2. The van der Waals surface area contributed by atoms with Gasteiger partial charge in [0.25, 0.3) is 0 Å². The molecule has 5 atom stereocenters. The van der Waals surface area contributed by atoms with Gasteiger partial charge in [-0.2, -0.15) is 0 Å². The molecule has 0 radical (unpaired) electrons. The first-order valence-electron chi connectivity index (χ1n) is 46.0. The van der Waals surface area contributed by atoms with Crippen molar-refractivity contribution in [1.82, 2.24) is 0 Å². The van der Waals surface area contributed by atoms with E-state index in [-0.39, 0.29) is 25.7 Å². The van der Waals surface area contributed by atoms with Gasteiger partial charge in [0.15, 0.2) is 12.2 Å². The fraction of sp³-hybridized carbons (Fsp3) is 0.955. The molecule has 0 spiro atoms. The molecule has 0 bridgehead atoms. The van der Waals surface area contributed by atoms with Crippen LogP contribution in [0.25, 0.3) is 0 Å². The lowest BCUT2D eigenvalue weighted by Gasteiger charge is -2.21. The summed E-state index contributed by atoms with van der Waals surface area (Å²) in [5.41, 5.74) is 0. The standard InChI is InChI=1S/C89H174O17P2/c1-7-9-11-13-15-17-19-20-21-22-23-24-25-26-31-37-43-49-55-61-67-73-88(93)106-85(78-100-87(92)72-66-60-54-48-42-36-30-28-27-29-34-40-45-51-57-63-69-81(3)4)80-104-108(97,98)102-76-83(90)75-101-107(95,96)103-79-84(77-99-86(91)71-65-59-53-47-39-18-16-14-12-10-8-2)105-89(94)74-68-62-56-50-44-38-33-32-35-41-46-52-58-64-70-82(5)6/h81-85,90H,7-80H2,1-6H3,(H,95,96)(H,97,98)/t83-,84+,85+/m0/s1. The van der Waals surface area contributed by atoms with E-state index in [4.69, 9.17) is 37.0 Å². The smallest absolute Gasteiger partial charge is 0.462 e. The summed E-state index contributed by atoms with van der Waals surface area (Å²) in [6.07, 6.45) is 73.6. The summed E-state index contributed by atoms with van der Waals surface area (Å²) >= 11 is 0. The lowest BCUT2D eigenvalue weighted by atomic mass is 10.0. The second kappa shape index (κ2) is 80.3. The van der Waals surface area contributed by atoms with Gasteiger partial charge in [-0.3, -0.25) is 37.3 Å². The summed E-state index contributed by atoms with van der Waals surface area (Å²) in [4.78, 5) is 73.3. The second-order valence-electron chi connectivity index (χ2n) is 32.9. The highest BCUT2D eigenvalue weighted by molar-refractivity contribution is 7.47. The van der Waals surface area contributed by atoms with Crippen molar-refractivity contribution in [3.05, 3.63) is 0 Å². The average Bonchev–Trinajstić information content (AvgIpc) is 0.891. The van der Waals surface area contributed by atoms with Crippen LogP contribution in [0.15, 0.2) is 0 Å². The lowest BCUT2D eigenvalue weighted by Crippen LogP contribution is -2.30. The van der Waals surface area contributed by atoms with Gasteiger partial charge in [-0.15, -0.1) is 0 Å². The molecule has 17 nitrogen and oxygen atoms in total. The number of carbonyl (C=O) groups excluding carboxylic acids is 4. The molecule has 0 heterocycles. The molecule has 0 aliphatic heterocycles. The first-order valence-corrected chi connectivity index (χ1v) is 49.0. The van der Waals surface area contributed by atoms with Crippen LogP contribution in [0.1, 0.15) is 478 Å². The topological polar surface area (TPSA) is 237 Å². The normalized spacial score (nSPS) is 13.8. The number of phosphoric ester groups is 2. The van der Waals surface area contributed by atoms with Crippen LogP contribution in [0.4, 0.5) is 0 Å². The zero-order chi connectivity index (χ0) is 79.2. The quantitative estimate of drug-likeness (QED) is 0.0222. The van der Waals surface area contributed by atoms with Crippen LogP contribution < -0.4 is 0 Å². The largest absolute Gasteiger partial charge is 0.472 e. The van der Waals surface area contributed by atoms with Crippen molar-refractivity contribution in [2.24, 2.45) is 11.8 Å². The number of esters is 4. The van der Waals surface area contributed by atoms with Crippen molar-refractivity contribution in [2.45, 2.75) is 496 Å². The van der Waals surface area contributed by atoms with Gasteiger partial charge < -0.3 is 33.8 Å². The molecule has 108 heavy (non-hydrogen) atoms. The molecule has 0 aromatic carbocycles. The summed E-state index contributed by atoms with van der Waals surface area (Å²) in [7, 11) is -9.93. The van der Waals surface area contributed by atoms with E-state index in [1.807, 2.05) is 0 Å². The third-order valence-electron chi connectivity index (χ3n) is 21.0. The van der Waals surface area contributed by atoms with Gasteiger partial charge in [-0.05, 0) is 37.5 Å². The predicted molar refractivity (Wildman–Crippen MR) is 446 cm³/mol. The Morgan fingerprint density at radius 2 is 0.426 bits per heavy atom. The average molecular weight is 1580 g/mol. The molecule has 0 rings (SSSR count). The summed E-state index contributed by atoms with van der Waals surface area (Å²) < 4.78 is 69.0. The molecule has 0 aromatic heterocycles. The van der Waals surface area contributed by atoms with Crippen molar-refractivity contribution >= 4 is 39.5 Å². The van der Waals surface area contributed by atoms with Crippen LogP contribution in [-0.2, 0) is 65.4 Å². The van der Waals surface area contributed by atoms with Crippen molar-refractivity contribution in [3.8, 4) is 0 Å². The van der Waals surface area contributed by atoms with E-state index >= 15 is 0 Å². The highest BCUT2D eigenvalue weighted by Crippen LogP contribution is 2.45. The maximum Gasteiger partial charge on any atom is 0.472 e. The van der Waals surface area contributed by atoms with Crippen LogP contribution >= 0.6 is 15.6 Å². The number of hydrogen-bond acceptors (Lipinski definition) is 15. The minimum absolute atomic E-state index is 0.108. The summed E-state index contributed by atoms with van der Waals surface area (Å²) in [6.45, 7) is 9.74. The molecule has 3 N–H and O–H groups in total. The van der Waals surface area contributed by atoms with E-state index in [1.54, 1.807) is 0 Å². The Kier molecular flexibility index (Phi) is 78.8. The zero-order valence-corrected chi connectivity index (χ0v) is 73.0. The highest BCUT2D eigenvalue weighted by Gasteiger charge is 2.31. The number of rotatable bonds is 88. The van der Waals surface area contributed by atoms with Crippen molar-refractivity contribution in [2.75, 3.05) is 39.6 Å². The molecule has 0 saturated heterocycles. The van der Waals surface area contributed by atoms with Crippen LogP contribution in [0.2, 0.25) is 0 Å². The van der Waals surface area contributed by atoms with E-state index in [2.05, 4.69) is 41.5 Å². The maximum atomic E-state index is 13.2. The highest BCUT2D eigenvalue weighted by atomic mass is 31.2. The third kappa shape index (κ3) is 82.1. The fourth-order valence-corrected chi connectivity index (χ4v) is 15.5. The molecule has 19 heteroatoms. The molecule has 642 valence electrons. The molecule has 0 aromatic rings. The van der Waals surface area contributed by atoms with Gasteiger partial charge >= 0.3 is 39.5 Å². The molecule has 0 saturated carbocycles. The van der Waals surface area contributed by atoms with Gasteiger partial charge in [0.2, 0.25) is 0 Å². The van der Waals surface area contributed by atoms with Gasteiger partial charge in [0.1, 0.15) is 19.3 Å². The minimum atomic E-state index is -4.97. The third-order valence-corrected chi connectivity index (χ3v) is 22.9. The number of unbranched alkanes of at least 4 members (excludes halogenated alkanes) is 58. The van der Waals surface area contributed by atoms with E-state index in [0.717, 1.165) is 102 Å². The zero-order valence-electron chi connectivity index (χ0n) is 71.2. The second-order valence-corrected chi connectivity index (χ2v) is 35.8. The number of ether oxygens (including phenoxy) is 4. The fourth-order valence-electron chi connectivity index (χ4n) is 14.0. The molecule has 2 unspecified atom stereocenters. The van der Waals surface area contributed by atoms with Crippen LogP contribution in [-0.4, -0.2) is 96.7 Å². The molecular weight excluding hydrogens is 1400 g/mol. The Hall–Kier alpha value is -1.94. The monoisotopic (exact) mass is 1580 g/mol. The molecule has 0 fully saturated rings. The Morgan fingerprint density at radius 1 is 0.250 bits per heavy atom. The molecular formula is C89H174O17P2. The molecule has 0 aliphatic carbocycles. The number of carbonyl (C=O) groups is 4. The Balaban J connectivity index is 5.24. The summed E-state index contributed by atoms with van der Waals surface area (Å²) in [5, 5.41) is 10.7. The van der Waals surface area contributed by atoms with E-state index in [1.165, 1.54) is 295 Å². The van der Waals surface area contributed by atoms with Crippen LogP contribution in [0.3, 0.4) is 0 Å². The molecule has 0 amide bonds. The van der Waals surface area contributed by atoms with Gasteiger partial charge in [-0.1, -0.05) is 427 Å². The van der Waals surface area contributed by atoms with Crippen molar-refractivity contribution in [1.29, 1.82) is 0 Å². The SMILES string of the molecule is CCCCCCCCCCCCCCCCCCCCCCCC(=O)O[C@H](COC(=O)CCCCCCCCCCCCCCCCCCC(C)C)COP(=O)(O)OC[C@@H](O)COP(=O)(O)OC[C@@H](COC(=O)CCCCCCCCCCCCC)OC(=O)CCCCCCCCCCCCCCCCC(C)C. The Bertz CT molecular complexity index is 2060. The Labute approximate surface area is 664 Å².